The molecule has 0 spiro atoms. The lowest BCUT2D eigenvalue weighted by molar-refractivity contribution is -0.137. The van der Waals surface area contributed by atoms with E-state index in [4.69, 9.17) is 0 Å². The molecule has 0 aromatic carbocycles. The van der Waals surface area contributed by atoms with Crippen LogP contribution in [0.1, 0.15) is 58.3 Å². The van der Waals surface area contributed by atoms with E-state index >= 15 is 0 Å². The van der Waals surface area contributed by atoms with Crippen molar-refractivity contribution in [1.29, 1.82) is 0 Å². The summed E-state index contributed by atoms with van der Waals surface area (Å²) in [7, 11) is 0. The van der Waals surface area contributed by atoms with Gasteiger partial charge in [0.1, 0.15) is 0 Å². The highest BCUT2D eigenvalue weighted by Crippen LogP contribution is 2.34. The lowest BCUT2D eigenvalue weighted by Gasteiger charge is -2.33. The molecule has 3 rings (SSSR count). The summed E-state index contributed by atoms with van der Waals surface area (Å²) in [4.78, 5) is 26.6. The predicted molar refractivity (Wildman–Crippen MR) is 81.6 cm³/mol. The average molecular weight is 292 g/mol. The Bertz CT molecular complexity index is 402. The summed E-state index contributed by atoms with van der Waals surface area (Å²) in [5.74, 6) is 1.59. The van der Waals surface area contributed by atoms with Crippen LogP contribution in [0.25, 0.3) is 0 Å². The van der Waals surface area contributed by atoms with Crippen molar-refractivity contribution in [3.05, 3.63) is 0 Å². The monoisotopic (exact) mass is 292 g/mol. The van der Waals surface area contributed by atoms with E-state index in [1.165, 1.54) is 12.8 Å². The minimum atomic E-state index is 0.00898. The van der Waals surface area contributed by atoms with Crippen molar-refractivity contribution < 1.29 is 9.59 Å². The Labute approximate surface area is 127 Å². The van der Waals surface area contributed by atoms with Crippen LogP contribution in [0.15, 0.2) is 0 Å². The quantitative estimate of drug-likeness (QED) is 0.817. The van der Waals surface area contributed by atoms with E-state index in [1.807, 2.05) is 4.90 Å². The van der Waals surface area contributed by atoms with Crippen molar-refractivity contribution in [3.8, 4) is 0 Å². The molecule has 4 nitrogen and oxygen atoms in total. The zero-order valence-electron chi connectivity index (χ0n) is 13.1. The maximum atomic E-state index is 12.5. The van der Waals surface area contributed by atoms with Crippen LogP contribution in [0, 0.1) is 17.8 Å². The van der Waals surface area contributed by atoms with Gasteiger partial charge in [-0.1, -0.05) is 19.8 Å². The highest BCUT2D eigenvalue weighted by atomic mass is 16.2. The zero-order valence-corrected chi connectivity index (χ0v) is 13.1. The first kappa shape index (κ1) is 14.9. The first-order valence-corrected chi connectivity index (χ1v) is 8.76. The molecule has 2 atom stereocenters. The Hall–Kier alpha value is -1.06. The minimum absolute atomic E-state index is 0.00898. The van der Waals surface area contributed by atoms with Gasteiger partial charge in [-0.05, 0) is 44.4 Å². The number of nitrogens with zero attached hydrogens (tertiary/aromatic N) is 1. The normalized spacial score (nSPS) is 27.3. The van der Waals surface area contributed by atoms with Gasteiger partial charge in [0.05, 0.1) is 5.92 Å². The second kappa shape index (κ2) is 6.37. The van der Waals surface area contributed by atoms with E-state index in [9.17, 15) is 9.59 Å². The highest BCUT2D eigenvalue weighted by Gasteiger charge is 2.37. The van der Waals surface area contributed by atoms with Crippen molar-refractivity contribution in [2.24, 2.45) is 17.8 Å². The Kier molecular flexibility index (Phi) is 4.51. The summed E-state index contributed by atoms with van der Waals surface area (Å²) < 4.78 is 0. The van der Waals surface area contributed by atoms with Gasteiger partial charge in [-0.3, -0.25) is 9.59 Å². The zero-order chi connectivity index (χ0) is 14.8. The Morgan fingerprint density at radius 1 is 1.14 bits per heavy atom. The molecule has 0 radical (unpaired) electrons. The number of rotatable bonds is 6. The topological polar surface area (TPSA) is 49.4 Å². The Morgan fingerprint density at radius 2 is 1.90 bits per heavy atom. The van der Waals surface area contributed by atoms with Crippen molar-refractivity contribution in [2.45, 2.75) is 64.3 Å². The van der Waals surface area contributed by atoms with E-state index in [1.54, 1.807) is 0 Å². The third kappa shape index (κ3) is 3.98. The van der Waals surface area contributed by atoms with Gasteiger partial charge >= 0.3 is 0 Å². The SMILES string of the molecule is CCC(CC1CC1)NC(=O)C1CCCN(C(=O)C2CC2)C1. The number of nitrogens with one attached hydrogen (secondary N) is 1. The van der Waals surface area contributed by atoms with Gasteiger partial charge in [0.2, 0.25) is 11.8 Å². The van der Waals surface area contributed by atoms with Crippen LogP contribution in [-0.4, -0.2) is 35.8 Å². The van der Waals surface area contributed by atoms with Gasteiger partial charge in [0, 0.05) is 25.0 Å². The molecular weight excluding hydrogens is 264 g/mol. The molecule has 0 bridgehead atoms. The molecule has 0 aromatic rings. The van der Waals surface area contributed by atoms with Crippen LogP contribution < -0.4 is 5.32 Å². The number of amides is 2. The molecule has 2 saturated carbocycles. The van der Waals surface area contributed by atoms with Crippen LogP contribution in [0.4, 0.5) is 0 Å². The molecule has 118 valence electrons. The van der Waals surface area contributed by atoms with E-state index in [0.717, 1.165) is 51.0 Å². The summed E-state index contributed by atoms with van der Waals surface area (Å²) >= 11 is 0. The molecule has 2 unspecified atom stereocenters. The number of carbonyl (C=O) groups excluding carboxylic acids is 2. The standard InChI is InChI=1S/C17H28N2O2/c1-2-15(10-12-5-6-12)18-16(20)14-4-3-9-19(11-14)17(21)13-7-8-13/h12-15H,2-11H2,1H3,(H,18,20). The van der Waals surface area contributed by atoms with E-state index in [-0.39, 0.29) is 23.7 Å². The molecule has 2 aliphatic carbocycles. The van der Waals surface area contributed by atoms with Gasteiger partial charge < -0.3 is 10.2 Å². The molecule has 21 heavy (non-hydrogen) atoms. The van der Waals surface area contributed by atoms with Crippen molar-refractivity contribution in [3.63, 3.8) is 0 Å². The van der Waals surface area contributed by atoms with Gasteiger partial charge in [0.25, 0.3) is 0 Å². The summed E-state index contributed by atoms with van der Waals surface area (Å²) in [5, 5.41) is 3.24. The average Bonchev–Trinajstić information content (AvgIpc) is 3.38. The third-order valence-corrected chi connectivity index (χ3v) is 5.18. The molecule has 1 N–H and O–H groups in total. The summed E-state index contributed by atoms with van der Waals surface area (Å²) in [5.41, 5.74) is 0. The van der Waals surface area contributed by atoms with E-state index in [0.29, 0.717) is 12.6 Å². The van der Waals surface area contributed by atoms with Crippen LogP contribution in [0.5, 0.6) is 0 Å². The fourth-order valence-corrected chi connectivity index (χ4v) is 3.38. The third-order valence-electron chi connectivity index (χ3n) is 5.18. The first-order valence-electron chi connectivity index (χ1n) is 8.76. The minimum Gasteiger partial charge on any atom is -0.353 e. The molecule has 3 aliphatic rings. The summed E-state index contributed by atoms with van der Waals surface area (Å²) in [6.07, 6.45) is 8.81. The maximum absolute atomic E-state index is 12.5. The van der Waals surface area contributed by atoms with Gasteiger partial charge in [0.15, 0.2) is 0 Å². The molecule has 3 fully saturated rings. The number of carbonyl (C=O) groups is 2. The number of hydrogen-bond acceptors (Lipinski definition) is 2. The van der Waals surface area contributed by atoms with Gasteiger partial charge in [-0.2, -0.15) is 0 Å². The molecule has 1 saturated heterocycles. The summed E-state index contributed by atoms with van der Waals surface area (Å²) in [6.45, 7) is 3.64. The molecule has 1 aliphatic heterocycles. The Balaban J connectivity index is 1.49. The van der Waals surface area contributed by atoms with Crippen LogP contribution >= 0.6 is 0 Å². The largest absolute Gasteiger partial charge is 0.353 e. The number of hydrogen-bond donors (Lipinski definition) is 1. The van der Waals surface area contributed by atoms with Gasteiger partial charge in [-0.15, -0.1) is 0 Å². The summed E-state index contributed by atoms with van der Waals surface area (Å²) in [6, 6.07) is 0.333. The van der Waals surface area contributed by atoms with Crippen molar-refractivity contribution in [2.75, 3.05) is 13.1 Å². The lowest BCUT2D eigenvalue weighted by Crippen LogP contribution is -2.48. The smallest absolute Gasteiger partial charge is 0.225 e. The fraction of sp³-hybridized carbons (Fsp3) is 0.882. The molecule has 1 heterocycles. The second-order valence-electron chi connectivity index (χ2n) is 7.19. The lowest BCUT2D eigenvalue weighted by atomic mass is 9.95. The maximum Gasteiger partial charge on any atom is 0.225 e. The number of likely N-dealkylation sites (tertiary alicyclic amines) is 1. The first-order chi connectivity index (χ1) is 10.2. The van der Waals surface area contributed by atoms with Crippen molar-refractivity contribution >= 4 is 11.8 Å². The second-order valence-corrected chi connectivity index (χ2v) is 7.19. The fourth-order valence-electron chi connectivity index (χ4n) is 3.38. The predicted octanol–water partition coefficient (Wildman–Crippen LogP) is 2.33. The van der Waals surface area contributed by atoms with Crippen LogP contribution in [0.3, 0.4) is 0 Å². The van der Waals surface area contributed by atoms with E-state index < -0.39 is 0 Å². The molecule has 2 amide bonds. The highest BCUT2D eigenvalue weighted by molar-refractivity contribution is 5.83. The van der Waals surface area contributed by atoms with E-state index in [2.05, 4.69) is 12.2 Å². The molecule has 0 aromatic heterocycles. The molecule has 4 heteroatoms. The van der Waals surface area contributed by atoms with Crippen molar-refractivity contribution in [1.82, 2.24) is 10.2 Å². The molecular formula is C17H28N2O2. The Morgan fingerprint density at radius 3 is 2.52 bits per heavy atom. The van der Waals surface area contributed by atoms with Crippen LogP contribution in [-0.2, 0) is 9.59 Å². The van der Waals surface area contributed by atoms with Gasteiger partial charge in [-0.25, -0.2) is 0 Å². The number of piperidine rings is 1. The van der Waals surface area contributed by atoms with Crippen LogP contribution in [0.2, 0.25) is 0 Å².